The zero-order valence-electron chi connectivity index (χ0n) is 16.1. The van der Waals surface area contributed by atoms with E-state index < -0.39 is 11.7 Å². The van der Waals surface area contributed by atoms with Crippen LogP contribution >= 0.6 is 11.6 Å². The van der Waals surface area contributed by atoms with Gasteiger partial charge >= 0.3 is 0 Å². The Hall–Kier alpha value is -2.90. The van der Waals surface area contributed by atoms with Gasteiger partial charge in [0, 0.05) is 18.7 Å². The summed E-state index contributed by atoms with van der Waals surface area (Å²) in [6.45, 7) is 0.892. The molecule has 2 aliphatic heterocycles. The summed E-state index contributed by atoms with van der Waals surface area (Å²) in [6, 6.07) is 11.1. The number of anilines is 1. The Bertz CT molecular complexity index is 984. The van der Waals surface area contributed by atoms with Gasteiger partial charge in [0.05, 0.1) is 16.8 Å². The Kier molecular flexibility index (Phi) is 6.01. The van der Waals surface area contributed by atoms with Crippen LogP contribution in [0.1, 0.15) is 18.4 Å². The van der Waals surface area contributed by atoms with Crippen molar-refractivity contribution in [1.82, 2.24) is 5.32 Å². The molecule has 1 atom stereocenters. The molecule has 8 heteroatoms. The van der Waals surface area contributed by atoms with Gasteiger partial charge in [-0.05, 0) is 43.2 Å². The minimum absolute atomic E-state index is 0.000261. The van der Waals surface area contributed by atoms with Crippen LogP contribution in [0.4, 0.5) is 10.1 Å². The first-order valence-corrected chi connectivity index (χ1v) is 10.0. The lowest BCUT2D eigenvalue weighted by molar-refractivity contribution is -0.123. The van der Waals surface area contributed by atoms with Crippen molar-refractivity contribution in [3.8, 4) is 5.75 Å². The van der Waals surface area contributed by atoms with Crippen LogP contribution in [-0.2, 0) is 14.3 Å². The van der Waals surface area contributed by atoms with Gasteiger partial charge in [0.25, 0.3) is 5.91 Å². The van der Waals surface area contributed by atoms with Crippen molar-refractivity contribution in [2.45, 2.75) is 18.9 Å². The first-order chi connectivity index (χ1) is 14.5. The molecule has 156 valence electrons. The van der Waals surface area contributed by atoms with Crippen molar-refractivity contribution >= 4 is 35.2 Å². The molecule has 0 aromatic heterocycles. The van der Waals surface area contributed by atoms with E-state index in [-0.39, 0.29) is 34.9 Å². The van der Waals surface area contributed by atoms with Crippen LogP contribution in [0.25, 0.3) is 6.08 Å². The molecule has 2 amide bonds. The monoisotopic (exact) mass is 430 g/mol. The Morgan fingerprint density at radius 3 is 2.87 bits per heavy atom. The molecule has 1 unspecified atom stereocenters. The molecule has 1 N–H and O–H groups in total. The average molecular weight is 431 g/mol. The maximum absolute atomic E-state index is 14.2. The number of fused-ring (bicyclic) bond motifs is 1. The van der Waals surface area contributed by atoms with Gasteiger partial charge < -0.3 is 14.8 Å². The number of carbonyl (C=O) groups excluding carboxylic acids is 2. The normalized spacial score (nSPS) is 19.5. The highest BCUT2D eigenvalue weighted by atomic mass is 35.5. The molecule has 0 aliphatic carbocycles. The third kappa shape index (κ3) is 4.32. The number of nitrogens with one attached hydrogen (secondary N) is 1. The molecule has 2 aromatic rings. The zero-order chi connectivity index (χ0) is 21.1. The second kappa shape index (κ2) is 8.85. The number of hydrogen-bond acceptors (Lipinski definition) is 4. The largest absolute Gasteiger partial charge is 0.449 e. The fourth-order valence-electron chi connectivity index (χ4n) is 3.43. The summed E-state index contributed by atoms with van der Waals surface area (Å²) in [5.41, 5.74) is 0.510. The van der Waals surface area contributed by atoms with E-state index in [0.717, 1.165) is 12.8 Å². The minimum atomic E-state index is -0.578. The predicted molar refractivity (Wildman–Crippen MR) is 111 cm³/mol. The van der Waals surface area contributed by atoms with E-state index in [0.29, 0.717) is 24.6 Å². The molecular weight excluding hydrogens is 411 g/mol. The molecule has 30 heavy (non-hydrogen) atoms. The predicted octanol–water partition coefficient (Wildman–Crippen LogP) is 3.54. The summed E-state index contributed by atoms with van der Waals surface area (Å²) < 4.78 is 25.4. The first kappa shape index (κ1) is 20.4. The molecule has 0 spiro atoms. The molecule has 6 nitrogen and oxygen atoms in total. The summed E-state index contributed by atoms with van der Waals surface area (Å²) in [6.07, 6.45) is 3.13. The maximum atomic E-state index is 14.2. The van der Waals surface area contributed by atoms with Crippen molar-refractivity contribution in [2.75, 3.05) is 24.6 Å². The molecule has 1 fully saturated rings. The Balaban J connectivity index is 1.58. The van der Waals surface area contributed by atoms with Crippen molar-refractivity contribution in [2.24, 2.45) is 0 Å². The number of carbonyl (C=O) groups is 2. The molecule has 4 rings (SSSR count). The van der Waals surface area contributed by atoms with Crippen LogP contribution in [0.3, 0.4) is 0 Å². The minimum Gasteiger partial charge on any atom is -0.449 e. The number of rotatable bonds is 5. The molecular formula is C22H20ClFN2O4. The smallest absolute Gasteiger partial charge is 0.294 e. The standard InChI is InChI=1S/C22H20ClFN2O4/c23-16-6-3-7-17(24)15(16)11-20-22(28)26(18-8-1-2-9-19(18)30-20)13-21(27)25-12-14-5-4-10-29-14/h1-3,6-9,11,14H,4-5,10,12-13H2,(H,25,27). The van der Waals surface area contributed by atoms with Crippen LogP contribution in [0.15, 0.2) is 48.2 Å². The average Bonchev–Trinajstić information content (AvgIpc) is 3.26. The van der Waals surface area contributed by atoms with Gasteiger partial charge in [-0.25, -0.2) is 4.39 Å². The summed E-state index contributed by atoms with van der Waals surface area (Å²) in [4.78, 5) is 26.9. The van der Waals surface area contributed by atoms with E-state index in [4.69, 9.17) is 21.1 Å². The highest BCUT2D eigenvalue weighted by molar-refractivity contribution is 6.32. The second-order valence-corrected chi connectivity index (χ2v) is 7.45. The molecule has 0 saturated carbocycles. The number of ether oxygens (including phenoxy) is 2. The van der Waals surface area contributed by atoms with E-state index in [1.807, 2.05) is 0 Å². The van der Waals surface area contributed by atoms with E-state index in [2.05, 4.69) is 5.32 Å². The maximum Gasteiger partial charge on any atom is 0.294 e. The van der Waals surface area contributed by atoms with Gasteiger partial charge in [-0.3, -0.25) is 14.5 Å². The quantitative estimate of drug-likeness (QED) is 0.737. The van der Waals surface area contributed by atoms with Crippen LogP contribution in [0.2, 0.25) is 5.02 Å². The van der Waals surface area contributed by atoms with Crippen LogP contribution < -0.4 is 15.0 Å². The number of para-hydroxylation sites is 2. The summed E-state index contributed by atoms with van der Waals surface area (Å²) in [7, 11) is 0. The van der Waals surface area contributed by atoms with E-state index >= 15 is 0 Å². The van der Waals surface area contributed by atoms with Crippen LogP contribution in [-0.4, -0.2) is 37.6 Å². The Morgan fingerprint density at radius 1 is 1.27 bits per heavy atom. The zero-order valence-corrected chi connectivity index (χ0v) is 16.8. The van der Waals surface area contributed by atoms with E-state index in [1.54, 1.807) is 24.3 Å². The molecule has 2 heterocycles. The molecule has 0 radical (unpaired) electrons. The van der Waals surface area contributed by atoms with Gasteiger partial charge in [0.15, 0.2) is 11.5 Å². The van der Waals surface area contributed by atoms with Gasteiger partial charge in [-0.1, -0.05) is 29.8 Å². The molecule has 0 bridgehead atoms. The lowest BCUT2D eigenvalue weighted by Crippen LogP contribution is -2.45. The fraction of sp³-hybridized carbons (Fsp3) is 0.273. The van der Waals surface area contributed by atoms with Crippen LogP contribution in [0.5, 0.6) is 5.75 Å². The summed E-state index contributed by atoms with van der Waals surface area (Å²) in [5.74, 6) is -1.18. The first-order valence-electron chi connectivity index (χ1n) is 9.65. The number of halogens is 2. The van der Waals surface area contributed by atoms with Crippen LogP contribution in [0, 0.1) is 5.82 Å². The van der Waals surface area contributed by atoms with Crippen molar-refractivity contribution < 1.29 is 23.5 Å². The third-order valence-corrected chi connectivity index (χ3v) is 5.29. The van der Waals surface area contributed by atoms with Crippen molar-refractivity contribution in [1.29, 1.82) is 0 Å². The number of nitrogens with zero attached hydrogens (tertiary/aromatic N) is 1. The van der Waals surface area contributed by atoms with Gasteiger partial charge in [0.2, 0.25) is 5.91 Å². The lowest BCUT2D eigenvalue weighted by Gasteiger charge is -2.30. The third-order valence-electron chi connectivity index (χ3n) is 4.96. The number of hydrogen-bond donors (Lipinski definition) is 1. The van der Waals surface area contributed by atoms with Crippen molar-refractivity contribution in [3.63, 3.8) is 0 Å². The van der Waals surface area contributed by atoms with Crippen molar-refractivity contribution in [3.05, 3.63) is 64.6 Å². The fourth-order valence-corrected chi connectivity index (χ4v) is 3.65. The van der Waals surface area contributed by atoms with Gasteiger partial charge in [0.1, 0.15) is 12.4 Å². The highest BCUT2D eigenvalue weighted by Crippen LogP contribution is 2.36. The highest BCUT2D eigenvalue weighted by Gasteiger charge is 2.32. The van der Waals surface area contributed by atoms with Gasteiger partial charge in [-0.15, -0.1) is 0 Å². The van der Waals surface area contributed by atoms with E-state index in [1.165, 1.54) is 29.2 Å². The lowest BCUT2D eigenvalue weighted by atomic mass is 10.1. The molecule has 2 aromatic carbocycles. The van der Waals surface area contributed by atoms with Gasteiger partial charge in [-0.2, -0.15) is 0 Å². The topological polar surface area (TPSA) is 67.9 Å². The van der Waals surface area contributed by atoms with E-state index in [9.17, 15) is 14.0 Å². The SMILES string of the molecule is O=C(CN1C(=O)C(=Cc2c(F)cccc2Cl)Oc2ccccc21)NCC1CCCO1. The number of amides is 2. The Labute approximate surface area is 178 Å². The Morgan fingerprint density at radius 2 is 2.10 bits per heavy atom. The second-order valence-electron chi connectivity index (χ2n) is 7.04. The molecule has 2 aliphatic rings. The molecule has 1 saturated heterocycles. The number of benzene rings is 2. The summed E-state index contributed by atoms with van der Waals surface area (Å²) >= 11 is 6.08. The summed E-state index contributed by atoms with van der Waals surface area (Å²) in [5, 5.41) is 2.96.